The van der Waals surface area contributed by atoms with Gasteiger partial charge in [0.15, 0.2) is 5.82 Å². The Morgan fingerprint density at radius 2 is 1.91 bits per heavy atom. The first-order chi connectivity index (χ1) is 16.3. The molecule has 3 aromatic rings. The molecule has 0 radical (unpaired) electrons. The molecule has 0 bridgehead atoms. The number of aromatic amines is 1. The molecule has 1 amide bonds. The van der Waals surface area contributed by atoms with Gasteiger partial charge in [-0.3, -0.25) is 9.78 Å². The second kappa shape index (κ2) is 8.81. The van der Waals surface area contributed by atoms with Crippen molar-refractivity contribution in [3.8, 4) is 22.5 Å². The van der Waals surface area contributed by atoms with Crippen LogP contribution in [0.4, 0.5) is 18.9 Å². The van der Waals surface area contributed by atoms with Crippen LogP contribution in [0.25, 0.3) is 22.5 Å². The number of hydrogen-bond donors (Lipinski definition) is 2. The third-order valence-corrected chi connectivity index (χ3v) is 7.02. The number of carbonyl (C=O) groups is 1. The number of anilines is 1. The summed E-state index contributed by atoms with van der Waals surface area (Å²) in [5, 5.41) is 17.0. The summed E-state index contributed by atoms with van der Waals surface area (Å²) in [6.45, 7) is 1.85. The molecular weight excluding hydrogens is 445 g/mol. The van der Waals surface area contributed by atoms with Gasteiger partial charge in [0.2, 0.25) is 5.91 Å². The molecule has 2 heterocycles. The maximum Gasteiger partial charge on any atom is 0.433 e. The van der Waals surface area contributed by atoms with Gasteiger partial charge >= 0.3 is 6.18 Å². The van der Waals surface area contributed by atoms with Crippen LogP contribution in [0.1, 0.15) is 49.8 Å². The van der Waals surface area contributed by atoms with Crippen molar-refractivity contribution in [2.45, 2.75) is 51.6 Å². The van der Waals surface area contributed by atoms with E-state index in [1.54, 1.807) is 6.07 Å². The Balaban J connectivity index is 1.41. The molecule has 0 aliphatic heterocycles. The summed E-state index contributed by atoms with van der Waals surface area (Å²) in [6, 6.07) is 5.89. The number of H-pyrrole nitrogens is 1. The molecule has 2 fully saturated rings. The van der Waals surface area contributed by atoms with Crippen LogP contribution in [0, 0.1) is 24.7 Å². The van der Waals surface area contributed by atoms with Gasteiger partial charge in [0.1, 0.15) is 5.69 Å². The molecule has 178 valence electrons. The fourth-order valence-corrected chi connectivity index (χ4v) is 5.10. The molecule has 0 spiro atoms. The Hall–Kier alpha value is -3.30. The van der Waals surface area contributed by atoms with E-state index in [0.717, 1.165) is 18.1 Å². The number of benzene rings is 1. The van der Waals surface area contributed by atoms with E-state index >= 15 is 0 Å². The predicted octanol–water partition coefficient (Wildman–Crippen LogP) is 5.41. The molecule has 7 nitrogen and oxygen atoms in total. The van der Waals surface area contributed by atoms with E-state index in [1.807, 2.05) is 13.0 Å². The number of pyridine rings is 1. The first kappa shape index (κ1) is 22.5. The number of nitrogens with one attached hydrogen (secondary N) is 2. The highest BCUT2D eigenvalue weighted by Crippen LogP contribution is 2.50. The van der Waals surface area contributed by atoms with Gasteiger partial charge in [-0.1, -0.05) is 38.2 Å². The zero-order valence-electron chi connectivity index (χ0n) is 18.7. The molecule has 2 aliphatic rings. The smallest absolute Gasteiger partial charge is 0.326 e. The van der Waals surface area contributed by atoms with Crippen LogP contribution >= 0.6 is 0 Å². The summed E-state index contributed by atoms with van der Waals surface area (Å²) in [6.07, 6.45) is 3.83. The number of amides is 1. The van der Waals surface area contributed by atoms with Gasteiger partial charge in [0, 0.05) is 28.9 Å². The predicted molar refractivity (Wildman–Crippen MR) is 119 cm³/mol. The molecule has 5 rings (SSSR count). The lowest BCUT2D eigenvalue weighted by atomic mass is 9.85. The number of carbonyl (C=O) groups excluding carboxylic acids is 1. The lowest BCUT2D eigenvalue weighted by molar-refractivity contribution is -0.141. The number of nitrogens with zero attached hydrogens (tertiary/aromatic N) is 4. The van der Waals surface area contributed by atoms with Gasteiger partial charge < -0.3 is 5.32 Å². The molecule has 34 heavy (non-hydrogen) atoms. The van der Waals surface area contributed by atoms with E-state index in [1.165, 1.54) is 44.4 Å². The largest absolute Gasteiger partial charge is 0.433 e. The third kappa shape index (κ3) is 4.53. The minimum Gasteiger partial charge on any atom is -0.326 e. The molecule has 2 unspecified atom stereocenters. The normalized spacial score (nSPS) is 20.8. The van der Waals surface area contributed by atoms with Crippen molar-refractivity contribution in [2.24, 2.45) is 17.8 Å². The van der Waals surface area contributed by atoms with Crippen molar-refractivity contribution in [1.82, 2.24) is 25.6 Å². The molecule has 10 heteroatoms. The van der Waals surface area contributed by atoms with Crippen LogP contribution in [0.5, 0.6) is 0 Å². The first-order valence-electron chi connectivity index (χ1n) is 11.5. The fraction of sp³-hybridized carbons (Fsp3) is 0.458. The SMILES string of the molecule is Cc1cc(-c2ccc(C(F)(F)F)nc2)c(-c2nnn[nH]2)cc1NC(=O)C1CC1C1CCCCC1. The minimum absolute atomic E-state index is 0.0178. The van der Waals surface area contributed by atoms with Crippen molar-refractivity contribution in [3.05, 3.63) is 41.7 Å². The maximum atomic E-state index is 13.0. The number of hydrogen-bond acceptors (Lipinski definition) is 5. The Morgan fingerprint density at radius 3 is 2.56 bits per heavy atom. The van der Waals surface area contributed by atoms with Gasteiger partial charge in [-0.05, 0) is 64.9 Å². The van der Waals surface area contributed by atoms with Gasteiger partial charge in [-0.15, -0.1) is 5.10 Å². The van der Waals surface area contributed by atoms with Crippen molar-refractivity contribution in [2.75, 3.05) is 5.32 Å². The average Bonchev–Trinajstić information content (AvgIpc) is 3.45. The lowest BCUT2D eigenvalue weighted by Crippen LogP contribution is -2.18. The van der Waals surface area contributed by atoms with E-state index in [-0.39, 0.29) is 11.8 Å². The van der Waals surface area contributed by atoms with Crippen LogP contribution in [0.15, 0.2) is 30.5 Å². The molecule has 2 aromatic heterocycles. The molecule has 2 aliphatic carbocycles. The fourth-order valence-electron chi connectivity index (χ4n) is 5.10. The number of aryl methyl sites for hydroxylation is 1. The van der Waals surface area contributed by atoms with Crippen molar-refractivity contribution in [1.29, 1.82) is 0 Å². The number of halogens is 3. The van der Waals surface area contributed by atoms with Crippen LogP contribution < -0.4 is 5.32 Å². The summed E-state index contributed by atoms with van der Waals surface area (Å²) in [4.78, 5) is 16.6. The highest BCUT2D eigenvalue weighted by molar-refractivity contribution is 5.97. The Bertz CT molecular complexity index is 1170. The maximum absolute atomic E-state index is 13.0. The highest BCUT2D eigenvalue weighted by Gasteiger charge is 2.47. The van der Waals surface area contributed by atoms with E-state index in [0.29, 0.717) is 40.0 Å². The van der Waals surface area contributed by atoms with Crippen LogP contribution in [0.3, 0.4) is 0 Å². The number of tetrazole rings is 1. The van der Waals surface area contributed by atoms with E-state index in [9.17, 15) is 18.0 Å². The monoisotopic (exact) mass is 470 g/mol. The second-order valence-electron chi connectivity index (χ2n) is 9.29. The molecule has 2 saturated carbocycles. The van der Waals surface area contributed by atoms with E-state index < -0.39 is 11.9 Å². The number of alkyl halides is 3. The summed E-state index contributed by atoms with van der Waals surface area (Å²) < 4.78 is 38.8. The van der Waals surface area contributed by atoms with Gasteiger partial charge in [0.25, 0.3) is 0 Å². The van der Waals surface area contributed by atoms with Crippen molar-refractivity contribution < 1.29 is 18.0 Å². The van der Waals surface area contributed by atoms with Gasteiger partial charge in [-0.25, -0.2) is 5.10 Å². The zero-order valence-corrected chi connectivity index (χ0v) is 18.7. The zero-order chi connectivity index (χ0) is 23.9. The topological polar surface area (TPSA) is 96.4 Å². The summed E-state index contributed by atoms with van der Waals surface area (Å²) in [5.41, 5.74) is 2.12. The standard InChI is InChI=1S/C24H25F3N6O/c1-13-9-16(15-7-8-21(28-12-15)24(25,26)27)18(22-30-32-33-31-22)11-20(13)29-23(34)19-10-17(19)14-5-3-2-4-6-14/h7-9,11-12,14,17,19H,2-6,10H2,1H3,(H,29,34)(H,30,31,32,33). The van der Waals surface area contributed by atoms with Crippen LogP contribution in [-0.2, 0) is 11.0 Å². The van der Waals surface area contributed by atoms with E-state index in [2.05, 4.69) is 30.9 Å². The molecule has 2 atom stereocenters. The van der Waals surface area contributed by atoms with Crippen molar-refractivity contribution in [3.63, 3.8) is 0 Å². The average molecular weight is 470 g/mol. The number of rotatable bonds is 5. The van der Waals surface area contributed by atoms with Gasteiger partial charge in [0.05, 0.1) is 0 Å². The van der Waals surface area contributed by atoms with Crippen LogP contribution in [0.2, 0.25) is 0 Å². The first-order valence-corrected chi connectivity index (χ1v) is 11.5. The quantitative estimate of drug-likeness (QED) is 0.520. The molecule has 0 saturated heterocycles. The summed E-state index contributed by atoms with van der Waals surface area (Å²) in [7, 11) is 0. The highest BCUT2D eigenvalue weighted by atomic mass is 19.4. The summed E-state index contributed by atoms with van der Waals surface area (Å²) >= 11 is 0. The van der Waals surface area contributed by atoms with E-state index in [4.69, 9.17) is 0 Å². The second-order valence-corrected chi connectivity index (χ2v) is 9.29. The summed E-state index contributed by atoms with van der Waals surface area (Å²) in [5.74, 6) is 1.52. The third-order valence-electron chi connectivity index (χ3n) is 7.02. The number of aromatic nitrogens is 5. The molecule has 2 N–H and O–H groups in total. The molecular formula is C24H25F3N6O. The van der Waals surface area contributed by atoms with Gasteiger partial charge in [-0.2, -0.15) is 13.2 Å². The Labute approximate surface area is 194 Å². The Morgan fingerprint density at radius 1 is 1.12 bits per heavy atom. The molecule has 1 aromatic carbocycles. The van der Waals surface area contributed by atoms with Crippen LogP contribution in [-0.4, -0.2) is 31.5 Å². The van der Waals surface area contributed by atoms with Crippen molar-refractivity contribution >= 4 is 11.6 Å². The minimum atomic E-state index is -4.52. The lowest BCUT2D eigenvalue weighted by Gasteiger charge is -2.21. The Kier molecular flexibility index (Phi) is 5.83.